The fraction of sp³-hybridized carbons (Fsp3) is 0.174. The molecule has 31 heavy (non-hydrogen) atoms. The maximum absolute atomic E-state index is 11.6. The summed E-state index contributed by atoms with van der Waals surface area (Å²) in [5.74, 6) is -0.916. The van der Waals surface area contributed by atoms with Crippen molar-refractivity contribution in [3.05, 3.63) is 83.4 Å². The molecule has 0 aromatic heterocycles. The first kappa shape index (κ1) is 22.3. The highest BCUT2D eigenvalue weighted by Gasteiger charge is 2.16. The molecule has 0 fully saturated rings. The lowest BCUT2D eigenvalue weighted by Crippen LogP contribution is -2.18. The van der Waals surface area contributed by atoms with Gasteiger partial charge in [-0.15, -0.1) is 0 Å². The van der Waals surface area contributed by atoms with Crippen LogP contribution in [0.2, 0.25) is 0 Å². The van der Waals surface area contributed by atoms with E-state index in [1.807, 2.05) is 18.2 Å². The lowest BCUT2D eigenvalue weighted by atomic mass is 9.95. The molecule has 0 atom stereocenters. The second kappa shape index (κ2) is 9.63. The number of carbonyl (C=O) groups is 1. The Bertz CT molecular complexity index is 1150. The Morgan fingerprint density at radius 2 is 1.52 bits per heavy atom. The number of benzene rings is 3. The maximum Gasteiger partial charge on any atom is 0.449 e. The van der Waals surface area contributed by atoms with Crippen molar-refractivity contribution >= 4 is 16.4 Å². The standard InChI is InChI=1S/C23H22O7S/c1-16-5-3-6-17(2)23(16)19-8-4-7-18(13-19)14-28-20-9-11-21(12-10-20)30-31(26,27)29-15-22(24)25/h3-13H,14-15H2,1-2H3,(H,24,25). The van der Waals surface area contributed by atoms with E-state index in [1.54, 1.807) is 12.1 Å². The molecule has 3 aromatic rings. The number of hydrogen-bond acceptors (Lipinski definition) is 6. The van der Waals surface area contributed by atoms with E-state index in [9.17, 15) is 13.2 Å². The SMILES string of the molecule is Cc1cccc(C)c1-c1cccc(COc2ccc(OS(=O)(=O)OCC(=O)O)cc2)c1. The molecule has 0 spiro atoms. The molecule has 0 amide bonds. The highest BCUT2D eigenvalue weighted by Crippen LogP contribution is 2.28. The van der Waals surface area contributed by atoms with Crippen molar-refractivity contribution in [1.29, 1.82) is 0 Å². The van der Waals surface area contributed by atoms with Crippen molar-refractivity contribution in [2.75, 3.05) is 6.61 Å². The van der Waals surface area contributed by atoms with Crippen LogP contribution in [0.3, 0.4) is 0 Å². The van der Waals surface area contributed by atoms with Gasteiger partial charge in [-0.25, -0.2) is 8.98 Å². The van der Waals surface area contributed by atoms with Gasteiger partial charge in [-0.3, -0.25) is 0 Å². The summed E-state index contributed by atoms with van der Waals surface area (Å²) in [5, 5.41) is 8.48. The zero-order valence-electron chi connectivity index (χ0n) is 17.1. The van der Waals surface area contributed by atoms with Crippen molar-refractivity contribution in [2.45, 2.75) is 20.5 Å². The van der Waals surface area contributed by atoms with Gasteiger partial charge in [0, 0.05) is 0 Å². The molecule has 0 radical (unpaired) electrons. The smallest absolute Gasteiger partial charge is 0.449 e. The maximum atomic E-state index is 11.6. The molecule has 0 heterocycles. The van der Waals surface area contributed by atoms with Gasteiger partial charge in [0.25, 0.3) is 0 Å². The number of rotatable bonds is 9. The summed E-state index contributed by atoms with van der Waals surface area (Å²) in [6, 6.07) is 20.2. The molecule has 0 aliphatic carbocycles. The average Bonchev–Trinajstić information content (AvgIpc) is 2.72. The van der Waals surface area contributed by atoms with E-state index in [-0.39, 0.29) is 5.75 Å². The van der Waals surface area contributed by atoms with Crippen LogP contribution in [0.4, 0.5) is 0 Å². The summed E-state index contributed by atoms with van der Waals surface area (Å²) in [4.78, 5) is 10.4. The Labute approximate surface area is 181 Å². The van der Waals surface area contributed by atoms with Gasteiger partial charge in [-0.1, -0.05) is 36.4 Å². The van der Waals surface area contributed by atoms with E-state index in [2.05, 4.69) is 46.5 Å². The van der Waals surface area contributed by atoms with Crippen LogP contribution in [-0.4, -0.2) is 26.1 Å². The third kappa shape index (κ3) is 6.31. The number of aryl methyl sites for hydroxylation is 2. The molecular weight excluding hydrogens is 420 g/mol. The Morgan fingerprint density at radius 1 is 0.903 bits per heavy atom. The second-order valence-corrected chi connectivity index (χ2v) is 8.09. The Kier molecular flexibility index (Phi) is 6.94. The third-order valence-electron chi connectivity index (χ3n) is 4.45. The van der Waals surface area contributed by atoms with E-state index in [0.717, 1.165) is 11.1 Å². The van der Waals surface area contributed by atoms with Gasteiger partial charge < -0.3 is 14.0 Å². The zero-order chi connectivity index (χ0) is 22.4. The first-order chi connectivity index (χ1) is 14.7. The van der Waals surface area contributed by atoms with Gasteiger partial charge in [-0.05, 0) is 72.0 Å². The second-order valence-electron chi connectivity index (χ2n) is 6.87. The van der Waals surface area contributed by atoms with Crippen LogP contribution in [0.1, 0.15) is 16.7 Å². The molecule has 3 aromatic carbocycles. The predicted molar refractivity (Wildman–Crippen MR) is 115 cm³/mol. The largest absolute Gasteiger partial charge is 0.489 e. The van der Waals surface area contributed by atoms with Gasteiger partial charge in [0.1, 0.15) is 18.1 Å². The van der Waals surface area contributed by atoms with E-state index < -0.39 is 23.0 Å². The van der Waals surface area contributed by atoms with Crippen LogP contribution in [0, 0.1) is 13.8 Å². The molecule has 0 aliphatic heterocycles. The van der Waals surface area contributed by atoms with Crippen molar-refractivity contribution in [3.8, 4) is 22.6 Å². The van der Waals surface area contributed by atoms with Crippen molar-refractivity contribution in [3.63, 3.8) is 0 Å². The van der Waals surface area contributed by atoms with Gasteiger partial charge in [0.15, 0.2) is 6.61 Å². The van der Waals surface area contributed by atoms with Crippen LogP contribution in [0.5, 0.6) is 11.5 Å². The summed E-state index contributed by atoms with van der Waals surface area (Å²) in [7, 11) is -4.46. The average molecular weight is 442 g/mol. The fourth-order valence-corrected chi connectivity index (χ4v) is 3.75. The number of aliphatic carboxylic acids is 1. The number of ether oxygens (including phenoxy) is 1. The van der Waals surface area contributed by atoms with Gasteiger partial charge in [0.2, 0.25) is 0 Å². The topological polar surface area (TPSA) is 99.1 Å². The summed E-state index contributed by atoms with van der Waals surface area (Å²) in [6.45, 7) is 3.49. The molecule has 0 aliphatic rings. The van der Waals surface area contributed by atoms with Gasteiger partial charge in [-0.2, -0.15) is 8.42 Å². The van der Waals surface area contributed by atoms with E-state index >= 15 is 0 Å². The zero-order valence-corrected chi connectivity index (χ0v) is 17.9. The van der Waals surface area contributed by atoms with Crippen molar-refractivity contribution in [1.82, 2.24) is 0 Å². The highest BCUT2D eigenvalue weighted by atomic mass is 32.3. The molecule has 162 valence electrons. The fourth-order valence-electron chi connectivity index (χ4n) is 3.11. The number of hydrogen-bond donors (Lipinski definition) is 1. The molecular formula is C23H22O7S. The van der Waals surface area contributed by atoms with E-state index in [4.69, 9.17) is 9.84 Å². The number of carboxylic acid groups (broad SMARTS) is 1. The Balaban J connectivity index is 1.64. The van der Waals surface area contributed by atoms with Gasteiger partial charge in [0.05, 0.1) is 0 Å². The summed E-state index contributed by atoms with van der Waals surface area (Å²) < 4.78 is 37.8. The Hall–Kier alpha value is -3.36. The van der Waals surface area contributed by atoms with Crippen LogP contribution in [0.25, 0.3) is 11.1 Å². The monoisotopic (exact) mass is 442 g/mol. The third-order valence-corrected chi connectivity index (χ3v) is 5.25. The molecule has 0 saturated carbocycles. The molecule has 7 nitrogen and oxygen atoms in total. The predicted octanol–water partition coefficient (Wildman–Crippen LogP) is 4.27. The first-order valence-corrected chi connectivity index (χ1v) is 10.8. The minimum absolute atomic E-state index is 0.0187. The minimum Gasteiger partial charge on any atom is -0.489 e. The van der Waals surface area contributed by atoms with Crippen LogP contribution in [0.15, 0.2) is 66.7 Å². The van der Waals surface area contributed by atoms with Crippen LogP contribution < -0.4 is 8.92 Å². The minimum atomic E-state index is -4.46. The summed E-state index contributed by atoms with van der Waals surface area (Å²) in [5.41, 5.74) is 5.72. The van der Waals surface area contributed by atoms with Crippen molar-refractivity contribution in [2.24, 2.45) is 0 Å². The molecule has 8 heteroatoms. The lowest BCUT2D eigenvalue weighted by molar-refractivity contribution is -0.139. The molecule has 0 unspecified atom stereocenters. The summed E-state index contributed by atoms with van der Waals surface area (Å²) >= 11 is 0. The lowest BCUT2D eigenvalue weighted by Gasteiger charge is -2.12. The highest BCUT2D eigenvalue weighted by molar-refractivity contribution is 7.82. The van der Waals surface area contributed by atoms with Crippen LogP contribution >= 0.6 is 0 Å². The van der Waals surface area contributed by atoms with Crippen molar-refractivity contribution < 1.29 is 31.4 Å². The Morgan fingerprint density at radius 3 is 2.16 bits per heavy atom. The van der Waals surface area contributed by atoms with E-state index in [0.29, 0.717) is 12.4 Å². The molecule has 1 N–H and O–H groups in total. The first-order valence-electron chi connectivity index (χ1n) is 9.42. The molecule has 0 saturated heterocycles. The number of carboxylic acids is 1. The summed E-state index contributed by atoms with van der Waals surface area (Å²) in [6.07, 6.45) is 0. The van der Waals surface area contributed by atoms with Gasteiger partial charge >= 0.3 is 16.4 Å². The molecule has 0 bridgehead atoms. The molecule has 3 rings (SSSR count). The van der Waals surface area contributed by atoms with Crippen LogP contribution in [-0.2, 0) is 26.0 Å². The van der Waals surface area contributed by atoms with E-state index in [1.165, 1.54) is 28.8 Å². The normalized spacial score (nSPS) is 11.2. The quantitative estimate of drug-likeness (QED) is 0.528.